The van der Waals surface area contributed by atoms with Crippen LogP contribution in [0.4, 0.5) is 22.9 Å². The molecule has 0 atom stereocenters. The number of pyridine rings is 2. The fourth-order valence-corrected chi connectivity index (χ4v) is 6.45. The number of carbonyl (C=O) groups excluding carboxylic acids is 1. The van der Waals surface area contributed by atoms with Crippen LogP contribution >= 0.6 is 0 Å². The molecule has 0 bridgehead atoms. The quantitative estimate of drug-likeness (QED) is 0.375. The van der Waals surface area contributed by atoms with Gasteiger partial charge in [-0.3, -0.25) is 19.5 Å². The predicted molar refractivity (Wildman–Crippen MR) is 159 cm³/mol. The molecule has 0 fully saturated rings. The summed E-state index contributed by atoms with van der Waals surface area (Å²) in [5.74, 6) is 0.720. The van der Waals surface area contributed by atoms with E-state index in [9.17, 15) is 9.59 Å². The molecular weight excluding hydrogens is 500 g/mol. The van der Waals surface area contributed by atoms with Gasteiger partial charge in [-0.2, -0.15) is 0 Å². The summed E-state index contributed by atoms with van der Waals surface area (Å²) in [4.78, 5) is 37.9. The molecule has 0 spiro atoms. The number of aryl methyl sites for hydroxylation is 2. The normalized spacial score (nSPS) is 15.7. The molecule has 1 N–H and O–H groups in total. The van der Waals surface area contributed by atoms with Gasteiger partial charge in [0.05, 0.1) is 5.69 Å². The highest BCUT2D eigenvalue weighted by atomic mass is 16.2. The van der Waals surface area contributed by atoms with Crippen molar-refractivity contribution in [3.63, 3.8) is 0 Å². The molecule has 40 heavy (non-hydrogen) atoms. The Bertz CT molecular complexity index is 1760. The highest BCUT2D eigenvalue weighted by Crippen LogP contribution is 2.35. The van der Waals surface area contributed by atoms with Gasteiger partial charge in [0.2, 0.25) is 0 Å². The molecule has 2 aliphatic heterocycles. The van der Waals surface area contributed by atoms with E-state index >= 15 is 0 Å². The zero-order valence-corrected chi connectivity index (χ0v) is 22.9. The molecule has 0 unspecified atom stereocenters. The molecule has 0 saturated carbocycles. The maximum atomic E-state index is 13.8. The molecule has 202 valence electrons. The van der Waals surface area contributed by atoms with Crippen molar-refractivity contribution in [1.82, 2.24) is 14.1 Å². The lowest BCUT2D eigenvalue weighted by atomic mass is 9.98. The van der Waals surface area contributed by atoms with Crippen molar-refractivity contribution < 1.29 is 4.79 Å². The number of fused-ring (bicyclic) bond motifs is 4. The van der Waals surface area contributed by atoms with Crippen molar-refractivity contribution in [2.45, 2.75) is 52.0 Å². The largest absolute Gasteiger partial charge is 0.351 e. The maximum absolute atomic E-state index is 13.8. The summed E-state index contributed by atoms with van der Waals surface area (Å²) in [6.07, 6.45) is 11.6. The van der Waals surface area contributed by atoms with E-state index in [2.05, 4.69) is 27.9 Å². The number of nitrogens with zero attached hydrogens (tertiary/aromatic N) is 5. The van der Waals surface area contributed by atoms with E-state index in [1.165, 1.54) is 29.7 Å². The molecule has 4 aromatic rings. The van der Waals surface area contributed by atoms with Gasteiger partial charge >= 0.3 is 0 Å². The molecule has 1 amide bonds. The molecule has 8 nitrogen and oxygen atoms in total. The van der Waals surface area contributed by atoms with Gasteiger partial charge in [0.15, 0.2) is 0 Å². The summed E-state index contributed by atoms with van der Waals surface area (Å²) in [5.41, 5.74) is 9.62. The lowest BCUT2D eigenvalue weighted by Gasteiger charge is -2.31. The number of aliphatic imine (C=N–C) groups is 1. The van der Waals surface area contributed by atoms with E-state index in [1.807, 2.05) is 47.6 Å². The topological polar surface area (TPSA) is 84.5 Å². The number of carbonyl (C=O) groups is 1. The predicted octanol–water partition coefficient (Wildman–Crippen LogP) is 5.35. The average Bonchev–Trinajstić information content (AvgIpc) is 3.60. The summed E-state index contributed by atoms with van der Waals surface area (Å²) in [6, 6.07) is 12.0. The van der Waals surface area contributed by atoms with Gasteiger partial charge in [-0.05, 0) is 79.1 Å². The molecule has 5 heterocycles. The second kappa shape index (κ2) is 9.62. The smallest absolute Gasteiger partial charge is 0.276 e. The first-order chi connectivity index (χ1) is 19.5. The Morgan fingerprint density at radius 3 is 2.75 bits per heavy atom. The van der Waals surface area contributed by atoms with Gasteiger partial charge in [0.25, 0.3) is 11.5 Å². The van der Waals surface area contributed by atoms with Gasteiger partial charge in [0.1, 0.15) is 17.2 Å². The van der Waals surface area contributed by atoms with Crippen LogP contribution in [0.25, 0.3) is 11.1 Å². The standard InChI is InChI=1S/C32H32N6O2/c1-3-24-25(22-16-27(31(39)36(2)19-22)35-23-9-8-20-10-12-33-26(20)18-23)11-13-34-30(24)38-15-14-37-28-7-5-4-6-21(28)17-29(37)32(38)40/h8-9,11-13,16-19,35H,3-7,10,14-15H2,1-2H3. The molecule has 8 heteroatoms. The van der Waals surface area contributed by atoms with E-state index in [-0.39, 0.29) is 11.5 Å². The summed E-state index contributed by atoms with van der Waals surface area (Å²) in [7, 11) is 1.77. The summed E-state index contributed by atoms with van der Waals surface area (Å²) in [5, 5.41) is 3.32. The van der Waals surface area contributed by atoms with Crippen molar-refractivity contribution >= 4 is 35.0 Å². The Balaban J connectivity index is 1.26. The molecule has 1 aromatic carbocycles. The number of aromatic nitrogens is 3. The summed E-state index contributed by atoms with van der Waals surface area (Å²) < 4.78 is 3.84. The number of amides is 1. The third-order valence-corrected chi connectivity index (χ3v) is 8.46. The number of hydrogen-bond donors (Lipinski definition) is 1. The van der Waals surface area contributed by atoms with Crippen LogP contribution in [0.1, 0.15) is 52.6 Å². The second-order valence-corrected chi connectivity index (χ2v) is 10.9. The zero-order valence-electron chi connectivity index (χ0n) is 22.9. The molecule has 0 radical (unpaired) electrons. The van der Waals surface area contributed by atoms with Gasteiger partial charge in [-0.15, -0.1) is 0 Å². The van der Waals surface area contributed by atoms with E-state index in [0.717, 1.165) is 59.6 Å². The van der Waals surface area contributed by atoms with Crippen LogP contribution < -0.4 is 15.8 Å². The second-order valence-electron chi connectivity index (χ2n) is 10.9. The van der Waals surface area contributed by atoms with Crippen LogP contribution in [-0.2, 0) is 39.3 Å². The summed E-state index contributed by atoms with van der Waals surface area (Å²) >= 11 is 0. The average molecular weight is 533 g/mol. The number of benzene rings is 1. The fraction of sp³-hybridized carbons (Fsp3) is 0.312. The van der Waals surface area contributed by atoms with E-state index in [0.29, 0.717) is 24.5 Å². The minimum atomic E-state index is -0.115. The van der Waals surface area contributed by atoms with Gasteiger partial charge in [0, 0.05) is 67.7 Å². The van der Waals surface area contributed by atoms with Gasteiger partial charge in [-0.25, -0.2) is 4.98 Å². The van der Waals surface area contributed by atoms with Gasteiger partial charge in [-0.1, -0.05) is 13.0 Å². The zero-order chi connectivity index (χ0) is 27.4. The van der Waals surface area contributed by atoms with E-state index in [4.69, 9.17) is 4.98 Å². The number of rotatable bonds is 5. The third-order valence-electron chi connectivity index (χ3n) is 8.46. The van der Waals surface area contributed by atoms with Crippen molar-refractivity contribution in [2.24, 2.45) is 12.0 Å². The third kappa shape index (κ3) is 3.97. The Hall–Kier alpha value is -4.46. The Labute approximate surface area is 233 Å². The monoisotopic (exact) mass is 532 g/mol. The molecule has 3 aromatic heterocycles. The maximum Gasteiger partial charge on any atom is 0.276 e. The summed E-state index contributed by atoms with van der Waals surface area (Å²) in [6.45, 7) is 3.47. The van der Waals surface area contributed by atoms with Crippen LogP contribution in [-0.4, -0.2) is 32.8 Å². The lowest BCUT2D eigenvalue weighted by Crippen LogP contribution is -2.41. The Morgan fingerprint density at radius 1 is 1.00 bits per heavy atom. The minimum absolute atomic E-state index is 0.0158. The first kappa shape index (κ1) is 24.6. The number of hydrogen-bond acceptors (Lipinski definition) is 5. The highest BCUT2D eigenvalue weighted by Gasteiger charge is 2.32. The van der Waals surface area contributed by atoms with Crippen LogP contribution in [0.2, 0.25) is 0 Å². The van der Waals surface area contributed by atoms with Gasteiger partial charge < -0.3 is 14.5 Å². The molecule has 0 saturated heterocycles. The molecule has 3 aliphatic rings. The minimum Gasteiger partial charge on any atom is -0.351 e. The highest BCUT2D eigenvalue weighted by molar-refractivity contribution is 6.06. The molecule has 7 rings (SSSR count). The van der Waals surface area contributed by atoms with Crippen LogP contribution in [0.5, 0.6) is 0 Å². The Kier molecular flexibility index (Phi) is 5.91. The lowest BCUT2D eigenvalue weighted by molar-refractivity contribution is 0.0963. The molecular formula is C32H32N6O2. The number of nitrogens with one attached hydrogen (secondary N) is 1. The first-order valence-corrected chi connectivity index (χ1v) is 14.2. The molecule has 1 aliphatic carbocycles. The van der Waals surface area contributed by atoms with Crippen LogP contribution in [0, 0.1) is 0 Å². The van der Waals surface area contributed by atoms with Crippen molar-refractivity contribution in [3.8, 4) is 11.1 Å². The van der Waals surface area contributed by atoms with E-state index < -0.39 is 0 Å². The van der Waals surface area contributed by atoms with Crippen LogP contribution in [0.15, 0.2) is 58.6 Å². The van der Waals surface area contributed by atoms with E-state index in [1.54, 1.807) is 17.8 Å². The van der Waals surface area contributed by atoms with Crippen molar-refractivity contribution in [2.75, 3.05) is 16.8 Å². The van der Waals surface area contributed by atoms with Crippen LogP contribution in [0.3, 0.4) is 0 Å². The SMILES string of the molecule is CCc1c(-c2cc(Nc3ccc4c(c3)N=CC4)c(=O)n(C)c2)ccnc1N1CCn2c(cc3c2CCCC3)C1=O. The van der Waals surface area contributed by atoms with Crippen molar-refractivity contribution in [3.05, 3.63) is 87.2 Å². The number of anilines is 3. The Morgan fingerprint density at radius 2 is 1.88 bits per heavy atom. The first-order valence-electron chi connectivity index (χ1n) is 14.2. The van der Waals surface area contributed by atoms with Crippen molar-refractivity contribution in [1.29, 1.82) is 0 Å². The fourth-order valence-electron chi connectivity index (χ4n) is 6.45.